The molecule has 2 aliphatic rings. The third-order valence-electron chi connectivity index (χ3n) is 3.94. The molecular formula is C14H13N3O2. The fourth-order valence-corrected chi connectivity index (χ4v) is 3.04. The second-order valence-electron chi connectivity index (χ2n) is 5.08. The van der Waals surface area contributed by atoms with Crippen molar-refractivity contribution < 1.29 is 0 Å². The molecule has 96 valence electrons. The van der Waals surface area contributed by atoms with Crippen LogP contribution in [0.25, 0.3) is 0 Å². The van der Waals surface area contributed by atoms with E-state index in [4.69, 9.17) is 0 Å². The molecule has 0 N–H and O–H groups in total. The summed E-state index contributed by atoms with van der Waals surface area (Å²) in [7, 11) is 0. The molecule has 4 rings (SSSR count). The lowest BCUT2D eigenvalue weighted by Crippen LogP contribution is -2.30. The molecule has 0 radical (unpaired) electrons. The zero-order chi connectivity index (χ0) is 13.0. The number of hydrogen-bond acceptors (Lipinski definition) is 2. The van der Waals surface area contributed by atoms with E-state index in [0.717, 1.165) is 12.0 Å². The van der Waals surface area contributed by atoms with Crippen LogP contribution in [0.15, 0.2) is 52.1 Å². The molecular weight excluding hydrogens is 242 g/mol. The maximum atomic E-state index is 12.3. The van der Waals surface area contributed by atoms with Gasteiger partial charge in [-0.1, -0.05) is 42.5 Å². The molecule has 2 bridgehead atoms. The molecule has 0 fully saturated rings. The number of benzene rings is 1. The Morgan fingerprint density at radius 1 is 0.947 bits per heavy atom. The number of fused-ring (bicyclic) bond motifs is 5. The van der Waals surface area contributed by atoms with Gasteiger partial charge in [0.1, 0.15) is 0 Å². The van der Waals surface area contributed by atoms with Gasteiger partial charge in [0.25, 0.3) is 0 Å². The van der Waals surface area contributed by atoms with E-state index >= 15 is 0 Å². The van der Waals surface area contributed by atoms with Crippen molar-refractivity contribution in [3.8, 4) is 0 Å². The summed E-state index contributed by atoms with van der Waals surface area (Å²) < 4.78 is 4.51. The molecule has 0 saturated heterocycles. The lowest BCUT2D eigenvalue weighted by Gasteiger charge is -2.07. The molecule has 1 aromatic carbocycles. The first-order valence-electron chi connectivity index (χ1n) is 6.42. The predicted octanol–water partition coefficient (Wildman–Crippen LogP) is 0.915. The average molecular weight is 255 g/mol. The second-order valence-corrected chi connectivity index (χ2v) is 5.08. The standard InChI is InChI=1S/C14H13N3O2/c18-13-15(9-10-4-2-1-3-5-10)14(19)17-12-7-6-11(8-12)16(13)17/h1-7,11-12H,8-9H2/t11-,12-/m0/s1. The third-order valence-corrected chi connectivity index (χ3v) is 3.94. The summed E-state index contributed by atoms with van der Waals surface area (Å²) >= 11 is 0. The van der Waals surface area contributed by atoms with E-state index in [-0.39, 0.29) is 23.5 Å². The predicted molar refractivity (Wildman–Crippen MR) is 70.3 cm³/mol. The molecule has 1 aliphatic carbocycles. The SMILES string of the molecule is O=c1n(Cc2ccccc2)c(=O)n2n1[C@H]1C=C[C@H]2C1. The van der Waals surface area contributed by atoms with Crippen LogP contribution in [-0.2, 0) is 6.54 Å². The van der Waals surface area contributed by atoms with E-state index in [2.05, 4.69) is 0 Å². The van der Waals surface area contributed by atoms with Crippen molar-refractivity contribution in [1.82, 2.24) is 13.9 Å². The number of nitrogens with zero attached hydrogens (tertiary/aromatic N) is 3. The maximum Gasteiger partial charge on any atom is 0.348 e. The number of rotatable bonds is 2. The molecule has 2 heterocycles. The molecule has 2 aromatic rings. The topological polar surface area (TPSA) is 48.9 Å². The van der Waals surface area contributed by atoms with Crippen LogP contribution < -0.4 is 11.4 Å². The fourth-order valence-electron chi connectivity index (χ4n) is 3.04. The van der Waals surface area contributed by atoms with Crippen LogP contribution >= 0.6 is 0 Å². The van der Waals surface area contributed by atoms with Crippen LogP contribution in [0.2, 0.25) is 0 Å². The van der Waals surface area contributed by atoms with Gasteiger partial charge in [-0.3, -0.25) is 0 Å². The van der Waals surface area contributed by atoms with Crippen molar-refractivity contribution >= 4 is 0 Å². The van der Waals surface area contributed by atoms with E-state index in [9.17, 15) is 9.59 Å². The van der Waals surface area contributed by atoms with Gasteiger partial charge in [-0.05, 0) is 12.0 Å². The molecule has 1 aliphatic heterocycles. The first kappa shape index (κ1) is 10.6. The minimum absolute atomic E-state index is 0.0576. The normalized spacial score (nSPS) is 22.9. The van der Waals surface area contributed by atoms with Crippen LogP contribution in [0, 0.1) is 0 Å². The quantitative estimate of drug-likeness (QED) is 0.749. The van der Waals surface area contributed by atoms with Gasteiger partial charge in [0.05, 0.1) is 18.6 Å². The van der Waals surface area contributed by atoms with E-state index in [1.807, 2.05) is 42.5 Å². The van der Waals surface area contributed by atoms with Crippen LogP contribution in [0.1, 0.15) is 24.1 Å². The van der Waals surface area contributed by atoms with Gasteiger partial charge in [-0.15, -0.1) is 0 Å². The monoisotopic (exact) mass is 255 g/mol. The van der Waals surface area contributed by atoms with E-state index in [1.165, 1.54) is 4.57 Å². The number of allylic oxidation sites excluding steroid dienone is 2. The van der Waals surface area contributed by atoms with Gasteiger partial charge < -0.3 is 0 Å². The largest absolute Gasteiger partial charge is 0.348 e. The van der Waals surface area contributed by atoms with Crippen molar-refractivity contribution in [2.45, 2.75) is 25.0 Å². The molecule has 5 nitrogen and oxygen atoms in total. The minimum atomic E-state index is -0.203. The van der Waals surface area contributed by atoms with Crippen molar-refractivity contribution in [2.24, 2.45) is 0 Å². The Bertz CT molecular complexity index is 736. The van der Waals surface area contributed by atoms with E-state index in [1.54, 1.807) is 9.36 Å². The minimum Gasteiger partial charge on any atom is -0.246 e. The Hall–Kier alpha value is -2.30. The van der Waals surface area contributed by atoms with Crippen molar-refractivity contribution in [1.29, 1.82) is 0 Å². The highest BCUT2D eigenvalue weighted by molar-refractivity contribution is 5.16. The summed E-state index contributed by atoms with van der Waals surface area (Å²) in [5.41, 5.74) is 0.559. The lowest BCUT2D eigenvalue weighted by atomic mass is 10.2. The molecule has 19 heavy (non-hydrogen) atoms. The number of hydrogen-bond donors (Lipinski definition) is 0. The third kappa shape index (κ3) is 1.35. The Kier molecular flexibility index (Phi) is 2.01. The molecule has 1 aromatic heterocycles. The first-order valence-corrected chi connectivity index (χ1v) is 6.42. The van der Waals surface area contributed by atoms with Crippen molar-refractivity contribution in [2.75, 3.05) is 0 Å². The van der Waals surface area contributed by atoms with Crippen LogP contribution in [0.3, 0.4) is 0 Å². The Labute approximate surface area is 109 Å². The van der Waals surface area contributed by atoms with Gasteiger partial charge in [0.2, 0.25) is 0 Å². The molecule has 0 saturated carbocycles. The summed E-state index contributed by atoms with van der Waals surface area (Å²) in [6.45, 7) is 0.338. The Morgan fingerprint density at radius 2 is 1.53 bits per heavy atom. The summed E-state index contributed by atoms with van der Waals surface area (Å²) in [6, 6.07) is 9.70. The zero-order valence-corrected chi connectivity index (χ0v) is 10.3. The molecule has 2 atom stereocenters. The Morgan fingerprint density at radius 3 is 2.11 bits per heavy atom. The van der Waals surface area contributed by atoms with Gasteiger partial charge in [0.15, 0.2) is 0 Å². The average Bonchev–Trinajstić information content (AvgIpc) is 3.10. The molecule has 0 amide bonds. The fraction of sp³-hybridized carbons (Fsp3) is 0.286. The van der Waals surface area contributed by atoms with Crippen molar-refractivity contribution in [3.63, 3.8) is 0 Å². The van der Waals surface area contributed by atoms with Gasteiger partial charge in [0, 0.05) is 0 Å². The van der Waals surface area contributed by atoms with Crippen LogP contribution in [-0.4, -0.2) is 13.9 Å². The number of aromatic nitrogens is 3. The molecule has 0 unspecified atom stereocenters. The molecule has 0 spiro atoms. The van der Waals surface area contributed by atoms with Crippen LogP contribution in [0.4, 0.5) is 0 Å². The van der Waals surface area contributed by atoms with Gasteiger partial charge in [-0.25, -0.2) is 23.5 Å². The summed E-state index contributed by atoms with van der Waals surface area (Å²) in [5.74, 6) is 0. The molecule has 5 heteroatoms. The highest BCUT2D eigenvalue weighted by Gasteiger charge is 2.36. The summed E-state index contributed by atoms with van der Waals surface area (Å²) in [4.78, 5) is 24.7. The van der Waals surface area contributed by atoms with Gasteiger partial charge in [-0.2, -0.15) is 0 Å². The zero-order valence-electron chi connectivity index (χ0n) is 10.3. The highest BCUT2D eigenvalue weighted by atomic mass is 16.2. The van der Waals surface area contributed by atoms with E-state index < -0.39 is 0 Å². The Balaban J connectivity index is 1.84. The van der Waals surface area contributed by atoms with Crippen molar-refractivity contribution in [3.05, 3.63) is 69.0 Å². The van der Waals surface area contributed by atoms with Gasteiger partial charge >= 0.3 is 11.4 Å². The summed E-state index contributed by atoms with van der Waals surface area (Å²) in [5, 5.41) is 0. The maximum absolute atomic E-state index is 12.3. The second kappa shape index (κ2) is 3.60. The van der Waals surface area contributed by atoms with Crippen LogP contribution in [0.5, 0.6) is 0 Å². The summed E-state index contributed by atoms with van der Waals surface area (Å²) in [6.07, 6.45) is 4.87. The highest BCUT2D eigenvalue weighted by Crippen LogP contribution is 2.35. The first-order chi connectivity index (χ1) is 9.25. The van der Waals surface area contributed by atoms with E-state index in [0.29, 0.717) is 6.54 Å². The lowest BCUT2D eigenvalue weighted by molar-refractivity contribution is 0.505. The smallest absolute Gasteiger partial charge is 0.246 e.